The lowest BCUT2D eigenvalue weighted by Gasteiger charge is -2.35. The Bertz CT molecular complexity index is 1290. The highest BCUT2D eigenvalue weighted by molar-refractivity contribution is 7.85. The van der Waals surface area contributed by atoms with Crippen molar-refractivity contribution >= 4 is 33.6 Å². The molecular formula is C20H14F9NO7S. The molecule has 1 N–H and O–H groups in total. The van der Waals surface area contributed by atoms with Crippen molar-refractivity contribution in [3.05, 3.63) is 40.5 Å². The van der Waals surface area contributed by atoms with Gasteiger partial charge in [-0.15, -0.1) is 0 Å². The standard InChI is InChI=1S/C20H14F9NO7S/c21-18(22,23)13-7-9(30-14(31)10-3-1-2-4-11(10)15(30)32)5-6-12(13)16(33)37-17(19(24,25)26,20(27,28)29)8-38(34,35)36/h5-7H,1-4,8H2,(H,34,35,36). The van der Waals surface area contributed by atoms with Crippen molar-refractivity contribution in [2.75, 3.05) is 10.7 Å². The number of rotatable bonds is 5. The third kappa shape index (κ3) is 5.23. The zero-order chi connectivity index (χ0) is 29.1. The highest BCUT2D eigenvalue weighted by atomic mass is 32.2. The number of ether oxygens (including phenoxy) is 1. The Morgan fingerprint density at radius 3 is 1.76 bits per heavy atom. The molecule has 2 amide bonds. The molecule has 0 aromatic heterocycles. The molecule has 0 spiro atoms. The molecule has 1 aromatic carbocycles. The van der Waals surface area contributed by atoms with Gasteiger partial charge in [-0.05, 0) is 43.9 Å². The van der Waals surface area contributed by atoms with Crippen LogP contribution in [0, 0.1) is 0 Å². The van der Waals surface area contributed by atoms with Crippen molar-refractivity contribution in [2.24, 2.45) is 0 Å². The fourth-order valence-corrected chi connectivity index (χ4v) is 4.90. The highest BCUT2D eigenvalue weighted by Crippen LogP contribution is 2.48. The molecule has 0 saturated carbocycles. The summed E-state index contributed by atoms with van der Waals surface area (Å²) in [5.74, 6) is -8.16. The zero-order valence-electron chi connectivity index (χ0n) is 18.4. The SMILES string of the molecule is O=C(OC(CS(=O)(=O)O)(C(F)(F)F)C(F)(F)F)c1ccc(N2C(=O)C3=C(CCCC3)C2=O)cc1C(F)(F)F. The van der Waals surface area contributed by atoms with Crippen LogP contribution in [0.5, 0.6) is 0 Å². The number of hydrogen-bond acceptors (Lipinski definition) is 6. The molecule has 0 unspecified atom stereocenters. The normalized spacial score (nSPS) is 17.7. The maximum atomic E-state index is 13.8. The number of hydrogen-bond donors (Lipinski definition) is 1. The second-order valence-electron chi connectivity index (χ2n) is 8.28. The summed E-state index contributed by atoms with van der Waals surface area (Å²) in [5.41, 5.74) is -10.8. The van der Waals surface area contributed by atoms with Crippen LogP contribution in [0.3, 0.4) is 0 Å². The quantitative estimate of drug-likeness (QED) is 0.237. The smallest absolute Gasteiger partial charge is 0.435 e. The summed E-state index contributed by atoms with van der Waals surface area (Å²) in [6.45, 7) is 0. The van der Waals surface area contributed by atoms with Gasteiger partial charge in [0, 0.05) is 11.1 Å². The molecule has 1 aliphatic carbocycles. The Balaban J connectivity index is 2.11. The summed E-state index contributed by atoms with van der Waals surface area (Å²) < 4.78 is 156. The number of anilines is 1. The number of halogens is 9. The van der Waals surface area contributed by atoms with Crippen LogP contribution in [0.25, 0.3) is 0 Å². The zero-order valence-corrected chi connectivity index (χ0v) is 19.2. The van der Waals surface area contributed by atoms with Crippen LogP contribution in [0.1, 0.15) is 41.6 Å². The minimum atomic E-state index is -6.77. The molecule has 2 aliphatic rings. The molecule has 0 bridgehead atoms. The van der Waals surface area contributed by atoms with Gasteiger partial charge in [-0.1, -0.05) is 0 Å². The molecule has 1 aromatic rings. The Labute approximate surface area is 206 Å². The lowest BCUT2D eigenvalue weighted by molar-refractivity contribution is -0.356. The highest BCUT2D eigenvalue weighted by Gasteiger charge is 2.76. The van der Waals surface area contributed by atoms with Gasteiger partial charge >= 0.3 is 30.1 Å². The van der Waals surface area contributed by atoms with E-state index in [1.54, 1.807) is 0 Å². The molecule has 0 atom stereocenters. The molecule has 3 rings (SSSR count). The number of alkyl halides is 9. The molecular weight excluding hydrogens is 569 g/mol. The number of carbonyl (C=O) groups excluding carboxylic acids is 3. The van der Waals surface area contributed by atoms with Crippen LogP contribution in [-0.4, -0.2) is 54.5 Å². The second kappa shape index (κ2) is 9.25. The van der Waals surface area contributed by atoms with Gasteiger partial charge in [0.1, 0.15) is 5.75 Å². The summed E-state index contributed by atoms with van der Waals surface area (Å²) in [5, 5.41) is 0. The van der Waals surface area contributed by atoms with Crippen molar-refractivity contribution in [1.29, 1.82) is 0 Å². The van der Waals surface area contributed by atoms with Gasteiger partial charge in [-0.25, -0.2) is 9.69 Å². The van der Waals surface area contributed by atoms with Crippen LogP contribution < -0.4 is 4.90 Å². The first-order chi connectivity index (χ1) is 17.1. The number of amides is 2. The van der Waals surface area contributed by atoms with Crippen molar-refractivity contribution in [3.63, 3.8) is 0 Å². The van der Waals surface area contributed by atoms with Crippen molar-refractivity contribution in [2.45, 2.75) is 49.8 Å². The topological polar surface area (TPSA) is 118 Å². The van der Waals surface area contributed by atoms with Gasteiger partial charge in [0.05, 0.1) is 16.8 Å². The third-order valence-electron chi connectivity index (χ3n) is 5.75. The van der Waals surface area contributed by atoms with E-state index in [0.717, 1.165) is 0 Å². The van der Waals surface area contributed by atoms with Gasteiger partial charge in [0.15, 0.2) is 0 Å². The summed E-state index contributed by atoms with van der Waals surface area (Å²) in [6.07, 6.45) is -17.9. The van der Waals surface area contributed by atoms with Crippen molar-refractivity contribution in [1.82, 2.24) is 0 Å². The van der Waals surface area contributed by atoms with Gasteiger partial charge < -0.3 is 4.74 Å². The Kier molecular flexibility index (Phi) is 7.16. The Morgan fingerprint density at radius 1 is 0.895 bits per heavy atom. The van der Waals surface area contributed by atoms with E-state index in [2.05, 4.69) is 4.74 Å². The summed E-state index contributed by atoms with van der Waals surface area (Å²) in [6, 6.07) is 0.547. The maximum absolute atomic E-state index is 13.8. The van der Waals surface area contributed by atoms with Gasteiger partial charge in [0.25, 0.3) is 21.9 Å². The van der Waals surface area contributed by atoms with Crippen LogP contribution in [0.4, 0.5) is 45.2 Å². The molecule has 0 saturated heterocycles. The van der Waals surface area contributed by atoms with Gasteiger partial charge in [-0.2, -0.15) is 47.9 Å². The van der Waals surface area contributed by atoms with Crippen LogP contribution in [-0.2, 0) is 30.6 Å². The summed E-state index contributed by atoms with van der Waals surface area (Å²) >= 11 is 0. The minimum absolute atomic E-state index is 0.0174. The van der Waals surface area contributed by atoms with E-state index < -0.39 is 74.6 Å². The molecule has 1 aliphatic heterocycles. The van der Waals surface area contributed by atoms with E-state index in [1.165, 1.54) is 0 Å². The maximum Gasteiger partial charge on any atom is 0.438 e. The van der Waals surface area contributed by atoms with E-state index in [9.17, 15) is 62.3 Å². The first-order valence-corrected chi connectivity index (χ1v) is 11.9. The third-order valence-corrected chi connectivity index (χ3v) is 6.52. The average molecular weight is 583 g/mol. The molecule has 0 fully saturated rings. The number of imide groups is 1. The first-order valence-electron chi connectivity index (χ1n) is 10.2. The predicted molar refractivity (Wildman–Crippen MR) is 106 cm³/mol. The second-order valence-corrected chi connectivity index (χ2v) is 9.73. The lowest BCUT2D eigenvalue weighted by Crippen LogP contribution is -2.63. The Hall–Kier alpha value is -3.15. The first kappa shape index (κ1) is 29.4. The number of esters is 1. The monoisotopic (exact) mass is 583 g/mol. The van der Waals surface area contributed by atoms with Gasteiger partial charge in [0.2, 0.25) is 0 Å². The van der Waals surface area contributed by atoms with Crippen LogP contribution >= 0.6 is 0 Å². The van der Waals surface area contributed by atoms with E-state index in [4.69, 9.17) is 4.55 Å². The van der Waals surface area contributed by atoms with E-state index in [-0.39, 0.29) is 36.1 Å². The van der Waals surface area contributed by atoms with Crippen molar-refractivity contribution in [3.8, 4) is 0 Å². The fourth-order valence-electron chi connectivity index (χ4n) is 4.00. The Morgan fingerprint density at radius 2 is 1.37 bits per heavy atom. The molecule has 210 valence electrons. The number of carbonyl (C=O) groups is 3. The molecule has 0 radical (unpaired) electrons. The average Bonchev–Trinajstić information content (AvgIpc) is 3.00. The van der Waals surface area contributed by atoms with Gasteiger partial charge in [-0.3, -0.25) is 14.1 Å². The van der Waals surface area contributed by atoms with Crippen molar-refractivity contribution < 1.29 is 71.6 Å². The molecule has 8 nitrogen and oxygen atoms in total. The molecule has 38 heavy (non-hydrogen) atoms. The molecule has 1 heterocycles. The van der Waals surface area contributed by atoms with E-state index in [0.29, 0.717) is 23.8 Å². The molecule has 18 heteroatoms. The predicted octanol–water partition coefficient (Wildman–Crippen LogP) is 4.36. The van der Waals surface area contributed by atoms with Crippen LogP contribution in [0.15, 0.2) is 29.3 Å². The summed E-state index contributed by atoms with van der Waals surface area (Å²) in [4.78, 5) is 37.9. The number of nitrogens with zero attached hydrogens (tertiary/aromatic N) is 1. The fraction of sp³-hybridized carbons (Fsp3) is 0.450. The van der Waals surface area contributed by atoms with Crippen LogP contribution in [0.2, 0.25) is 0 Å². The number of benzene rings is 1. The largest absolute Gasteiger partial charge is 0.438 e. The summed E-state index contributed by atoms with van der Waals surface area (Å²) in [7, 11) is -6.18. The van der Waals surface area contributed by atoms with E-state index in [1.807, 2.05) is 0 Å². The lowest BCUT2D eigenvalue weighted by atomic mass is 9.93. The minimum Gasteiger partial charge on any atom is -0.435 e. The van der Waals surface area contributed by atoms with E-state index >= 15 is 0 Å².